The quantitative estimate of drug-likeness (QED) is 0.241. The summed E-state index contributed by atoms with van der Waals surface area (Å²) in [5.41, 5.74) is -0.252. The maximum absolute atomic E-state index is 14.5. The van der Waals surface area contributed by atoms with Gasteiger partial charge in [-0.1, -0.05) is 11.3 Å². The largest absolute Gasteiger partial charge is 0.496 e. The van der Waals surface area contributed by atoms with Crippen LogP contribution in [0.2, 0.25) is 0 Å². The zero-order valence-electron chi connectivity index (χ0n) is 24.1. The van der Waals surface area contributed by atoms with Crippen molar-refractivity contribution in [2.24, 2.45) is 0 Å². The molecule has 3 aromatic heterocycles. The lowest BCUT2D eigenvalue weighted by molar-refractivity contribution is -0.131. The SMILES string of the molecule is COCCO[C@@H](Cn1c(=O)n([C@H]2CCN(C(C)C)C2=O)c(=O)c2c(C)c(-n3nccn3)sc21)c1cc(F)ccc1OC. The number of rotatable bonds is 11. The zero-order chi connectivity index (χ0) is 30.1. The number of nitrogens with zero attached hydrogens (tertiary/aromatic N) is 6. The fraction of sp³-hybridized carbons (Fsp3) is 0.464. The molecular formula is C28H33FN6O6S. The summed E-state index contributed by atoms with van der Waals surface area (Å²) < 4.78 is 33.7. The Balaban J connectivity index is 1.74. The van der Waals surface area contributed by atoms with E-state index in [1.807, 2.05) is 13.8 Å². The van der Waals surface area contributed by atoms with Crippen molar-refractivity contribution in [3.05, 3.63) is 68.4 Å². The molecule has 0 unspecified atom stereocenters. The fourth-order valence-electron chi connectivity index (χ4n) is 5.38. The lowest BCUT2D eigenvalue weighted by Gasteiger charge is -2.24. The first-order valence-electron chi connectivity index (χ1n) is 13.6. The van der Waals surface area contributed by atoms with Gasteiger partial charge in [0.25, 0.3) is 5.56 Å². The van der Waals surface area contributed by atoms with Crippen LogP contribution in [-0.4, -0.2) is 75.0 Å². The highest BCUT2D eigenvalue weighted by atomic mass is 32.1. The molecular weight excluding hydrogens is 567 g/mol. The fourth-order valence-corrected chi connectivity index (χ4v) is 6.60. The molecule has 1 amide bonds. The number of fused-ring (bicyclic) bond motifs is 1. The highest BCUT2D eigenvalue weighted by molar-refractivity contribution is 7.21. The number of amides is 1. The van der Waals surface area contributed by atoms with Gasteiger partial charge in [0, 0.05) is 30.8 Å². The van der Waals surface area contributed by atoms with Gasteiger partial charge in [-0.05, 0) is 45.4 Å². The molecule has 0 radical (unpaired) electrons. The first-order chi connectivity index (χ1) is 20.2. The number of carbonyl (C=O) groups excluding carboxylic acids is 1. The third-order valence-electron chi connectivity index (χ3n) is 7.46. The summed E-state index contributed by atoms with van der Waals surface area (Å²) in [5, 5.41) is 9.27. The number of carbonyl (C=O) groups is 1. The number of hydrogen-bond donors (Lipinski definition) is 0. The van der Waals surface area contributed by atoms with Gasteiger partial charge < -0.3 is 19.1 Å². The Kier molecular flexibility index (Phi) is 8.57. The number of aryl methyl sites for hydroxylation is 1. The topological polar surface area (TPSA) is 123 Å². The minimum atomic E-state index is -0.954. The smallest absolute Gasteiger partial charge is 0.332 e. The second kappa shape index (κ2) is 12.2. The predicted molar refractivity (Wildman–Crippen MR) is 154 cm³/mol. The van der Waals surface area contributed by atoms with Gasteiger partial charge in [-0.2, -0.15) is 10.2 Å². The van der Waals surface area contributed by atoms with E-state index in [2.05, 4.69) is 10.2 Å². The minimum absolute atomic E-state index is 0.0801. The number of methoxy groups -OCH3 is 2. The molecule has 0 N–H and O–H groups in total. The van der Waals surface area contributed by atoms with Crippen molar-refractivity contribution in [2.75, 3.05) is 34.0 Å². The zero-order valence-corrected chi connectivity index (χ0v) is 24.9. The van der Waals surface area contributed by atoms with E-state index >= 15 is 0 Å². The van der Waals surface area contributed by atoms with E-state index in [1.54, 1.807) is 11.8 Å². The Morgan fingerprint density at radius 3 is 2.50 bits per heavy atom. The monoisotopic (exact) mass is 600 g/mol. The van der Waals surface area contributed by atoms with Gasteiger partial charge in [0.1, 0.15) is 33.5 Å². The molecule has 1 fully saturated rings. The van der Waals surface area contributed by atoms with Crippen LogP contribution in [0, 0.1) is 12.7 Å². The van der Waals surface area contributed by atoms with Crippen LogP contribution in [-0.2, 0) is 20.8 Å². The van der Waals surface area contributed by atoms with Crippen LogP contribution in [0.25, 0.3) is 15.2 Å². The van der Waals surface area contributed by atoms with E-state index < -0.39 is 29.2 Å². The average molecular weight is 601 g/mol. The molecule has 224 valence electrons. The van der Waals surface area contributed by atoms with Crippen molar-refractivity contribution in [1.29, 1.82) is 0 Å². The van der Waals surface area contributed by atoms with Crippen LogP contribution in [0.1, 0.15) is 43.5 Å². The Hall–Kier alpha value is -3.88. The summed E-state index contributed by atoms with van der Waals surface area (Å²) in [6, 6.07) is 3.03. The summed E-state index contributed by atoms with van der Waals surface area (Å²) in [5.74, 6) is -0.409. The second-order valence-corrected chi connectivity index (χ2v) is 11.2. The molecule has 42 heavy (non-hydrogen) atoms. The first-order valence-corrected chi connectivity index (χ1v) is 14.4. The van der Waals surface area contributed by atoms with Gasteiger partial charge >= 0.3 is 5.69 Å². The Morgan fingerprint density at radius 1 is 1.12 bits per heavy atom. The summed E-state index contributed by atoms with van der Waals surface area (Å²) in [4.78, 5) is 45.2. The van der Waals surface area contributed by atoms with Crippen molar-refractivity contribution >= 4 is 27.5 Å². The third-order valence-corrected chi connectivity index (χ3v) is 8.74. The van der Waals surface area contributed by atoms with Crippen molar-refractivity contribution in [1.82, 2.24) is 29.0 Å². The standard InChI is InChI=1S/C28H33FN6O6S/c1-16(2)32-11-8-20(24(32)36)34-25(37)23-17(3)26(35-30-9-10-31-35)42-27(23)33(28(34)38)15-22(41-13-12-39-4)19-14-18(29)6-7-21(19)40-5/h6-7,9-10,14,16,20,22H,8,11-13,15H2,1-5H3/t20-,22-/m0/s1. The van der Waals surface area contributed by atoms with E-state index in [1.165, 1.54) is 65.5 Å². The van der Waals surface area contributed by atoms with Gasteiger partial charge in [-0.3, -0.25) is 14.2 Å². The highest BCUT2D eigenvalue weighted by Gasteiger charge is 2.38. The molecule has 12 nitrogen and oxygen atoms in total. The van der Waals surface area contributed by atoms with E-state index in [9.17, 15) is 18.8 Å². The van der Waals surface area contributed by atoms with Crippen LogP contribution in [0.3, 0.4) is 0 Å². The molecule has 0 spiro atoms. The number of thiophene rings is 1. The van der Waals surface area contributed by atoms with Crippen LogP contribution in [0.15, 0.2) is 40.2 Å². The van der Waals surface area contributed by atoms with Crippen molar-refractivity contribution in [3.63, 3.8) is 0 Å². The molecule has 0 saturated carbocycles. The number of halogens is 1. The molecule has 1 saturated heterocycles. The summed E-state index contributed by atoms with van der Waals surface area (Å²) in [6.07, 6.45) is 2.49. The van der Waals surface area contributed by atoms with Crippen molar-refractivity contribution in [2.45, 2.75) is 51.9 Å². The molecule has 4 heterocycles. The number of aromatic nitrogens is 5. The van der Waals surface area contributed by atoms with Gasteiger partial charge in [0.05, 0.1) is 44.6 Å². The van der Waals surface area contributed by atoms with Crippen LogP contribution in [0.5, 0.6) is 5.75 Å². The Morgan fingerprint density at radius 2 is 1.86 bits per heavy atom. The summed E-state index contributed by atoms with van der Waals surface area (Å²) >= 11 is 1.18. The van der Waals surface area contributed by atoms with Gasteiger partial charge in [-0.15, -0.1) is 4.80 Å². The van der Waals surface area contributed by atoms with E-state index in [4.69, 9.17) is 14.2 Å². The lowest BCUT2D eigenvalue weighted by Crippen LogP contribution is -2.45. The average Bonchev–Trinajstić information content (AvgIpc) is 3.70. The van der Waals surface area contributed by atoms with E-state index in [-0.39, 0.29) is 37.1 Å². The Bertz CT molecular complexity index is 1710. The number of ether oxygens (including phenoxy) is 3. The molecule has 14 heteroatoms. The molecule has 2 atom stereocenters. The molecule has 1 aliphatic heterocycles. The number of likely N-dealkylation sites (tertiary alicyclic amines) is 1. The lowest BCUT2D eigenvalue weighted by atomic mass is 10.1. The van der Waals surface area contributed by atoms with Crippen LogP contribution < -0.4 is 16.0 Å². The van der Waals surface area contributed by atoms with Gasteiger partial charge in [-0.25, -0.2) is 13.8 Å². The summed E-state index contributed by atoms with van der Waals surface area (Å²) in [6.45, 7) is 6.29. The highest BCUT2D eigenvalue weighted by Crippen LogP contribution is 2.34. The molecule has 0 bridgehead atoms. The third kappa shape index (κ3) is 5.25. The van der Waals surface area contributed by atoms with E-state index in [0.29, 0.717) is 39.7 Å². The summed E-state index contributed by atoms with van der Waals surface area (Å²) in [7, 11) is 3.00. The molecule has 0 aliphatic carbocycles. The predicted octanol–water partition coefficient (Wildman–Crippen LogP) is 2.85. The van der Waals surface area contributed by atoms with Crippen molar-refractivity contribution < 1.29 is 23.4 Å². The van der Waals surface area contributed by atoms with Gasteiger partial charge in [0.15, 0.2) is 0 Å². The van der Waals surface area contributed by atoms with E-state index in [0.717, 1.165) is 4.57 Å². The molecule has 4 aromatic rings. The molecule has 1 aliphatic rings. The van der Waals surface area contributed by atoms with Crippen LogP contribution in [0.4, 0.5) is 4.39 Å². The second-order valence-electron chi connectivity index (χ2n) is 10.3. The number of hydrogen-bond acceptors (Lipinski definition) is 9. The molecule has 5 rings (SSSR count). The molecule has 1 aromatic carbocycles. The normalized spacial score (nSPS) is 16.2. The van der Waals surface area contributed by atoms with Crippen molar-refractivity contribution in [3.8, 4) is 10.8 Å². The Labute approximate surface area is 244 Å². The maximum atomic E-state index is 14.5. The first kappa shape index (κ1) is 29.6. The van der Waals surface area contributed by atoms with Crippen LogP contribution >= 0.6 is 11.3 Å². The maximum Gasteiger partial charge on any atom is 0.332 e. The minimum Gasteiger partial charge on any atom is -0.496 e. The number of benzene rings is 1. The van der Waals surface area contributed by atoms with Gasteiger partial charge in [0.2, 0.25) is 5.91 Å².